The fourth-order valence-corrected chi connectivity index (χ4v) is 4.87. The van der Waals surface area contributed by atoms with E-state index in [1.807, 2.05) is 0 Å². The van der Waals surface area contributed by atoms with Crippen molar-refractivity contribution in [1.29, 1.82) is 0 Å². The average molecular weight is 682 g/mol. The summed E-state index contributed by atoms with van der Waals surface area (Å²) in [4.78, 5) is 0. The van der Waals surface area contributed by atoms with Crippen molar-refractivity contribution in [3.63, 3.8) is 0 Å². The molecule has 2 aromatic heterocycles. The monoisotopic (exact) mass is 682 g/mol. The van der Waals surface area contributed by atoms with Gasteiger partial charge in [-0.05, 0) is 49.9 Å². The Kier molecular flexibility index (Phi) is 12.7. The summed E-state index contributed by atoms with van der Waals surface area (Å²) >= 11 is 0. The highest BCUT2D eigenvalue weighted by atomic mass is 127. The van der Waals surface area contributed by atoms with Crippen molar-refractivity contribution in [2.45, 2.75) is 78.3 Å². The molecule has 2 aromatic carbocycles. The van der Waals surface area contributed by atoms with Crippen LogP contribution in [0.3, 0.4) is 0 Å². The van der Waals surface area contributed by atoms with Gasteiger partial charge in [-0.1, -0.05) is 49.9 Å². The molecule has 0 aliphatic rings. The van der Waals surface area contributed by atoms with E-state index in [2.05, 4.69) is 96.0 Å². The maximum absolute atomic E-state index is 2.43. The molecule has 0 bridgehead atoms. The number of fused-ring (bicyclic) bond motifs is 2. The zero-order chi connectivity index (χ0) is 22.2. The van der Waals surface area contributed by atoms with Crippen molar-refractivity contribution in [1.82, 2.24) is 0 Å². The van der Waals surface area contributed by atoms with Gasteiger partial charge < -0.3 is 0 Å². The Balaban J connectivity index is 0.00000204. The second-order valence-electron chi connectivity index (χ2n) is 9.25. The lowest BCUT2D eigenvalue weighted by Crippen LogP contribution is -2.34. The molecule has 4 heteroatoms. The van der Waals surface area contributed by atoms with Gasteiger partial charge in [-0.2, -0.15) is 9.13 Å². The smallest absolute Gasteiger partial charge is 0.198 e. The Bertz CT molecular complexity index is 1080. The number of benzene rings is 2. The number of aryl methyl sites for hydroxylation is 4. The van der Waals surface area contributed by atoms with E-state index < -0.39 is 0 Å². The molecule has 0 aliphatic heterocycles. The molecule has 2 nitrogen and oxygen atoms in total. The number of hydrogen-bond acceptors (Lipinski definition) is 0. The first-order chi connectivity index (χ1) is 15.7. The fourth-order valence-electron chi connectivity index (χ4n) is 4.87. The summed E-state index contributed by atoms with van der Waals surface area (Å²) in [5.41, 5.74) is 5.47. The number of unbranched alkanes of at least 4 members (excludes halogenated alkanes) is 7. The predicted octanol–water partition coefficient (Wildman–Crippen LogP) is 8.24. The van der Waals surface area contributed by atoms with Crippen molar-refractivity contribution in [3.05, 3.63) is 84.2 Å². The molecule has 182 valence electrons. The Morgan fingerprint density at radius 2 is 0.824 bits per heavy atom. The van der Waals surface area contributed by atoms with Crippen LogP contribution in [0.2, 0.25) is 0 Å². The predicted molar refractivity (Wildman–Crippen MR) is 166 cm³/mol. The van der Waals surface area contributed by atoms with Crippen LogP contribution in [0, 0.1) is 13.8 Å². The Hall–Kier alpha value is -1.28. The lowest BCUT2D eigenvalue weighted by atomic mass is 10.1. The van der Waals surface area contributed by atoms with E-state index in [4.69, 9.17) is 0 Å². The minimum absolute atomic E-state index is 0. The van der Waals surface area contributed by atoms with Gasteiger partial charge in [0.2, 0.25) is 11.0 Å². The van der Waals surface area contributed by atoms with Gasteiger partial charge in [0.1, 0.15) is 13.1 Å². The van der Waals surface area contributed by atoms with Crippen LogP contribution < -0.4 is 9.13 Å². The Labute approximate surface area is 239 Å². The SMILES string of the molecule is Cc1cc[n+](CCCCCCCCCC[n+]2ccc(C)c3ccccc32)c2ccccc12.I.I. The quantitative estimate of drug-likeness (QED) is 0.0856. The summed E-state index contributed by atoms with van der Waals surface area (Å²) in [5, 5.41) is 2.76. The van der Waals surface area contributed by atoms with E-state index >= 15 is 0 Å². The van der Waals surface area contributed by atoms with Crippen LogP contribution in [0.15, 0.2) is 73.1 Å². The van der Waals surface area contributed by atoms with Crippen molar-refractivity contribution >= 4 is 69.8 Å². The van der Waals surface area contributed by atoms with Gasteiger partial charge in [-0.3, -0.25) is 0 Å². The van der Waals surface area contributed by atoms with Crippen LogP contribution in [0.25, 0.3) is 21.8 Å². The lowest BCUT2D eigenvalue weighted by Gasteiger charge is -2.05. The Morgan fingerprint density at radius 1 is 0.471 bits per heavy atom. The van der Waals surface area contributed by atoms with Gasteiger partial charge in [-0.25, -0.2) is 0 Å². The molecule has 0 radical (unpaired) electrons. The van der Waals surface area contributed by atoms with E-state index in [-0.39, 0.29) is 48.0 Å². The van der Waals surface area contributed by atoms with Gasteiger partial charge in [0.15, 0.2) is 12.4 Å². The van der Waals surface area contributed by atoms with Crippen LogP contribution in [0.4, 0.5) is 0 Å². The number of pyridine rings is 2. The van der Waals surface area contributed by atoms with Gasteiger partial charge >= 0.3 is 0 Å². The van der Waals surface area contributed by atoms with Crippen LogP contribution in [-0.4, -0.2) is 0 Å². The first kappa shape index (κ1) is 29.0. The number of aromatic nitrogens is 2. The lowest BCUT2D eigenvalue weighted by molar-refractivity contribution is -0.672. The molecule has 0 atom stereocenters. The molecular weight excluding hydrogens is 642 g/mol. The maximum Gasteiger partial charge on any atom is 0.212 e. The molecule has 0 fully saturated rings. The van der Waals surface area contributed by atoms with Crippen molar-refractivity contribution < 1.29 is 9.13 Å². The second kappa shape index (κ2) is 15.0. The molecule has 4 rings (SSSR count). The molecular formula is C30H40I2N2+2. The highest BCUT2D eigenvalue weighted by molar-refractivity contribution is 14.0. The topological polar surface area (TPSA) is 7.76 Å². The zero-order valence-corrected chi connectivity index (χ0v) is 25.4. The highest BCUT2D eigenvalue weighted by Crippen LogP contribution is 2.16. The molecule has 0 aliphatic carbocycles. The number of para-hydroxylation sites is 2. The van der Waals surface area contributed by atoms with E-state index in [0.717, 1.165) is 13.1 Å². The summed E-state index contributed by atoms with van der Waals surface area (Å²) in [7, 11) is 0. The van der Waals surface area contributed by atoms with Gasteiger partial charge in [-0.15, -0.1) is 48.0 Å². The molecule has 34 heavy (non-hydrogen) atoms. The minimum atomic E-state index is 0. The van der Waals surface area contributed by atoms with Crippen LogP contribution in [-0.2, 0) is 13.1 Å². The largest absolute Gasteiger partial charge is 0.212 e. The fraction of sp³-hybridized carbons (Fsp3) is 0.400. The van der Waals surface area contributed by atoms with E-state index in [9.17, 15) is 0 Å². The van der Waals surface area contributed by atoms with Crippen molar-refractivity contribution in [2.75, 3.05) is 0 Å². The van der Waals surface area contributed by atoms with Gasteiger partial charge in [0, 0.05) is 47.9 Å². The third-order valence-corrected chi connectivity index (χ3v) is 6.83. The molecule has 4 aromatic rings. The molecule has 0 N–H and O–H groups in total. The number of nitrogens with zero attached hydrogens (tertiary/aromatic N) is 2. The molecule has 0 amide bonds. The van der Waals surface area contributed by atoms with Crippen molar-refractivity contribution in [2.24, 2.45) is 0 Å². The zero-order valence-electron chi connectivity index (χ0n) is 20.7. The first-order valence-electron chi connectivity index (χ1n) is 12.5. The Morgan fingerprint density at radius 3 is 1.24 bits per heavy atom. The van der Waals surface area contributed by atoms with Crippen molar-refractivity contribution in [3.8, 4) is 0 Å². The van der Waals surface area contributed by atoms with Crippen LogP contribution in [0.5, 0.6) is 0 Å². The third-order valence-electron chi connectivity index (χ3n) is 6.83. The summed E-state index contributed by atoms with van der Waals surface area (Å²) in [6.45, 7) is 6.66. The summed E-state index contributed by atoms with van der Waals surface area (Å²) in [6, 6.07) is 22.1. The molecule has 2 heterocycles. The molecule has 0 spiro atoms. The third kappa shape index (κ3) is 7.61. The number of halogens is 2. The summed E-state index contributed by atoms with van der Waals surface area (Å²) in [6.07, 6.45) is 15.2. The number of rotatable bonds is 11. The van der Waals surface area contributed by atoms with Crippen LogP contribution in [0.1, 0.15) is 62.5 Å². The summed E-state index contributed by atoms with van der Waals surface area (Å²) < 4.78 is 4.85. The van der Waals surface area contributed by atoms with E-state index in [1.54, 1.807) is 0 Å². The van der Waals surface area contributed by atoms with Gasteiger partial charge in [0.25, 0.3) is 0 Å². The highest BCUT2D eigenvalue weighted by Gasteiger charge is 2.10. The summed E-state index contributed by atoms with van der Waals surface area (Å²) in [5.74, 6) is 0. The normalized spacial score (nSPS) is 10.8. The average Bonchev–Trinajstić information content (AvgIpc) is 2.83. The van der Waals surface area contributed by atoms with Gasteiger partial charge in [0.05, 0.1) is 0 Å². The minimum Gasteiger partial charge on any atom is -0.198 e. The maximum atomic E-state index is 2.43. The second-order valence-corrected chi connectivity index (χ2v) is 9.25. The van der Waals surface area contributed by atoms with E-state index in [1.165, 1.54) is 84.3 Å². The first-order valence-corrected chi connectivity index (χ1v) is 12.5. The standard InChI is InChI=1S/C30H38N2.2HI/c1-25-19-23-31(29-17-11-9-15-27(25)29)21-13-7-5-3-4-6-8-14-22-32-24-20-26(2)28-16-10-12-18-30(28)32;;/h9-12,15-20,23-24H,3-8,13-14,21-22H2,1-2H3;2*1H/q+2;;. The van der Waals surface area contributed by atoms with Crippen LogP contribution >= 0.6 is 48.0 Å². The van der Waals surface area contributed by atoms with E-state index in [0.29, 0.717) is 0 Å². The molecule has 0 saturated heterocycles. The molecule has 0 saturated carbocycles. The number of hydrogen-bond donors (Lipinski definition) is 0. The molecule has 0 unspecified atom stereocenters.